The molecule has 0 fully saturated rings. The lowest BCUT2D eigenvalue weighted by Crippen LogP contribution is -2.45. The molecule has 0 heterocycles. The van der Waals surface area contributed by atoms with E-state index >= 15 is 0 Å². The van der Waals surface area contributed by atoms with Crippen molar-refractivity contribution in [3.8, 4) is 0 Å². The first-order chi connectivity index (χ1) is 33.5. The van der Waals surface area contributed by atoms with E-state index in [4.69, 9.17) is 9.05 Å². The van der Waals surface area contributed by atoms with Crippen molar-refractivity contribution >= 4 is 13.7 Å². The van der Waals surface area contributed by atoms with Crippen LogP contribution < -0.4 is 5.32 Å². The number of aliphatic hydroxyl groups is 1. The minimum atomic E-state index is -4.35. The highest BCUT2D eigenvalue weighted by molar-refractivity contribution is 7.47. The predicted molar refractivity (Wildman–Crippen MR) is 299 cm³/mol. The van der Waals surface area contributed by atoms with Gasteiger partial charge in [0.1, 0.15) is 13.2 Å². The first-order valence-corrected chi connectivity index (χ1v) is 29.6. The summed E-state index contributed by atoms with van der Waals surface area (Å²) in [7, 11) is 1.55. The molecular weight excluding hydrogens is 876 g/mol. The number of phosphoric ester groups is 1. The van der Waals surface area contributed by atoms with E-state index in [0.717, 1.165) is 77.0 Å². The molecule has 0 aliphatic heterocycles. The van der Waals surface area contributed by atoms with Crippen molar-refractivity contribution in [2.45, 2.75) is 238 Å². The number of likely N-dealkylation sites (N-methyl/N-ethyl adjacent to an activating group) is 1. The predicted octanol–water partition coefficient (Wildman–Crippen LogP) is 17.0. The lowest BCUT2D eigenvalue weighted by molar-refractivity contribution is -0.870. The molecule has 0 aromatic heterocycles. The molecule has 0 radical (unpaired) electrons. The fraction of sp³-hybridized carbons (Fsp3) is 0.717. The highest BCUT2D eigenvalue weighted by atomic mass is 31.2. The van der Waals surface area contributed by atoms with Gasteiger partial charge in [-0.1, -0.05) is 233 Å². The molecule has 3 unspecified atom stereocenters. The summed E-state index contributed by atoms with van der Waals surface area (Å²) in [5.41, 5.74) is 0. The lowest BCUT2D eigenvalue weighted by atomic mass is 10.0. The van der Waals surface area contributed by atoms with Crippen molar-refractivity contribution in [2.75, 3.05) is 40.9 Å². The van der Waals surface area contributed by atoms with E-state index in [1.807, 2.05) is 27.2 Å². The van der Waals surface area contributed by atoms with Crippen molar-refractivity contribution < 1.29 is 32.9 Å². The molecule has 3 N–H and O–H groups in total. The zero-order chi connectivity index (χ0) is 50.6. The third kappa shape index (κ3) is 53.1. The third-order valence-corrected chi connectivity index (χ3v) is 13.0. The van der Waals surface area contributed by atoms with E-state index in [1.54, 1.807) is 6.08 Å². The summed E-state index contributed by atoms with van der Waals surface area (Å²) in [4.78, 5) is 23.2. The lowest BCUT2D eigenvalue weighted by Gasteiger charge is -2.25. The number of rotatable bonds is 50. The van der Waals surface area contributed by atoms with Crippen molar-refractivity contribution in [2.24, 2.45) is 0 Å². The quantitative estimate of drug-likeness (QED) is 0.0243. The van der Waals surface area contributed by atoms with Crippen LogP contribution in [0.5, 0.6) is 0 Å². The number of hydrogen-bond donors (Lipinski definition) is 3. The van der Waals surface area contributed by atoms with Crippen LogP contribution in [-0.4, -0.2) is 73.4 Å². The fourth-order valence-corrected chi connectivity index (χ4v) is 8.38. The largest absolute Gasteiger partial charge is 0.472 e. The maximum atomic E-state index is 12.9. The van der Waals surface area contributed by atoms with Gasteiger partial charge >= 0.3 is 7.82 Å². The zero-order valence-corrected chi connectivity index (χ0v) is 46.2. The van der Waals surface area contributed by atoms with Gasteiger partial charge in [0, 0.05) is 6.42 Å². The molecule has 0 saturated heterocycles. The van der Waals surface area contributed by atoms with Gasteiger partial charge in [0.2, 0.25) is 5.91 Å². The summed E-state index contributed by atoms with van der Waals surface area (Å²) < 4.78 is 23.6. The molecule has 1 amide bonds. The topological polar surface area (TPSA) is 105 Å². The van der Waals surface area contributed by atoms with Crippen LogP contribution in [-0.2, 0) is 18.4 Å². The summed E-state index contributed by atoms with van der Waals surface area (Å²) in [6.45, 7) is 4.65. The van der Waals surface area contributed by atoms with Gasteiger partial charge in [-0.2, -0.15) is 0 Å². The van der Waals surface area contributed by atoms with Crippen molar-refractivity contribution in [3.63, 3.8) is 0 Å². The average Bonchev–Trinajstić information content (AvgIpc) is 3.31. The van der Waals surface area contributed by atoms with Gasteiger partial charge < -0.3 is 19.8 Å². The number of nitrogens with zero attached hydrogens (tertiary/aromatic N) is 1. The number of carbonyl (C=O) groups is 1. The number of aliphatic hydroxyl groups excluding tert-OH is 1. The van der Waals surface area contributed by atoms with Gasteiger partial charge in [-0.15, -0.1) is 0 Å². The van der Waals surface area contributed by atoms with E-state index in [1.165, 1.54) is 128 Å². The molecule has 0 rings (SSSR count). The number of quaternary nitrogens is 1. The molecule has 0 aromatic rings. The maximum Gasteiger partial charge on any atom is 0.472 e. The van der Waals surface area contributed by atoms with Gasteiger partial charge in [-0.05, 0) is 83.5 Å². The molecule has 69 heavy (non-hydrogen) atoms. The standard InChI is InChI=1S/C60H107N2O6P/c1-6-8-10-12-14-16-18-20-21-22-23-24-25-26-27-28-29-30-31-32-33-34-35-36-37-38-39-40-41-42-44-46-48-50-52-54-60(64)61-58(57-68-69(65,66)67-56-55-62(3,4)5)59(63)53-51-49-47-45-43-19-17-15-13-11-9-7-2/h8,10,14,16,20-21,23-24,26-27,29-30,43,45,51,53,58-59,63H,6-7,9,11-13,15,17-19,22,25,28,31-42,44,46-50,52,54-57H2,1-5H3,(H-,61,64,65,66)/p+1/b10-8-,16-14-,21-20-,24-23-,27-26-,30-29-,45-43+,53-51+. The summed E-state index contributed by atoms with van der Waals surface area (Å²) in [6.07, 6.45) is 72.3. The van der Waals surface area contributed by atoms with Gasteiger partial charge in [0.15, 0.2) is 0 Å². The van der Waals surface area contributed by atoms with Crippen LogP contribution in [0.2, 0.25) is 0 Å². The highest BCUT2D eigenvalue weighted by Gasteiger charge is 2.27. The SMILES string of the molecule is CC/C=C\C/C=C\C/C=C\C/C=C\C/C=C\C/C=C\CCCCCCCCCCCCCCCCCCC(=O)NC(COP(=O)(O)OCC[N+](C)(C)C)C(O)/C=C/CC/C=C/CCCCCCCC. The molecule has 8 nitrogen and oxygen atoms in total. The monoisotopic (exact) mass is 984 g/mol. The Bertz CT molecular complexity index is 1440. The second kappa shape index (κ2) is 50.4. The summed E-state index contributed by atoms with van der Waals surface area (Å²) in [6, 6.07) is -0.866. The molecule has 0 aromatic carbocycles. The molecule has 0 aliphatic carbocycles. The number of unbranched alkanes of at least 4 members (excludes halogenated alkanes) is 23. The van der Waals surface area contributed by atoms with Crippen LogP contribution in [0.25, 0.3) is 0 Å². The number of carbonyl (C=O) groups excluding carboxylic acids is 1. The molecule has 0 aliphatic rings. The Morgan fingerprint density at radius 1 is 0.507 bits per heavy atom. The summed E-state index contributed by atoms with van der Waals surface area (Å²) in [5.74, 6) is -0.191. The molecule has 3 atom stereocenters. The van der Waals surface area contributed by atoms with Crippen molar-refractivity contribution in [1.82, 2.24) is 5.32 Å². The Labute approximate surface area is 426 Å². The van der Waals surface area contributed by atoms with Gasteiger partial charge in [-0.3, -0.25) is 13.8 Å². The molecule has 0 bridgehead atoms. The maximum absolute atomic E-state index is 12.9. The van der Waals surface area contributed by atoms with Crippen LogP contribution >= 0.6 is 7.82 Å². The van der Waals surface area contributed by atoms with Crippen LogP contribution in [0.15, 0.2) is 97.2 Å². The molecule has 9 heteroatoms. The minimum Gasteiger partial charge on any atom is -0.387 e. The average molecular weight is 985 g/mol. The van der Waals surface area contributed by atoms with Crippen LogP contribution in [0.1, 0.15) is 226 Å². The number of hydrogen-bond acceptors (Lipinski definition) is 5. The van der Waals surface area contributed by atoms with Crippen LogP contribution in [0.3, 0.4) is 0 Å². The Balaban J connectivity index is 4.05. The third-order valence-electron chi connectivity index (χ3n) is 12.0. The Kier molecular flexibility index (Phi) is 48.5. The molecular formula is C60H108N2O6P+. The normalized spacial score (nSPS) is 14.7. The first-order valence-electron chi connectivity index (χ1n) is 28.1. The highest BCUT2D eigenvalue weighted by Crippen LogP contribution is 2.43. The van der Waals surface area contributed by atoms with E-state index < -0.39 is 20.0 Å². The molecule has 0 spiro atoms. The smallest absolute Gasteiger partial charge is 0.387 e. The van der Waals surface area contributed by atoms with Gasteiger partial charge in [-0.25, -0.2) is 4.57 Å². The first kappa shape index (κ1) is 66.4. The number of amides is 1. The Hall–Kier alpha value is -2.58. The second-order valence-corrected chi connectivity index (χ2v) is 21.4. The summed E-state index contributed by atoms with van der Waals surface area (Å²) >= 11 is 0. The minimum absolute atomic E-state index is 0.0532. The van der Waals surface area contributed by atoms with Crippen LogP contribution in [0.4, 0.5) is 0 Å². The van der Waals surface area contributed by atoms with Crippen LogP contribution in [0, 0.1) is 0 Å². The van der Waals surface area contributed by atoms with E-state index in [9.17, 15) is 19.4 Å². The number of allylic oxidation sites excluding steroid dienone is 15. The molecule has 0 saturated carbocycles. The Morgan fingerprint density at radius 2 is 0.884 bits per heavy atom. The molecule has 398 valence electrons. The van der Waals surface area contributed by atoms with E-state index in [-0.39, 0.29) is 19.1 Å². The number of nitrogens with one attached hydrogen (secondary N) is 1. The van der Waals surface area contributed by atoms with Gasteiger partial charge in [0.05, 0.1) is 39.9 Å². The summed E-state index contributed by atoms with van der Waals surface area (Å²) in [5, 5.41) is 13.8. The van der Waals surface area contributed by atoms with Crippen molar-refractivity contribution in [1.29, 1.82) is 0 Å². The second-order valence-electron chi connectivity index (χ2n) is 19.9. The van der Waals surface area contributed by atoms with Gasteiger partial charge in [0.25, 0.3) is 0 Å². The van der Waals surface area contributed by atoms with E-state index in [0.29, 0.717) is 17.4 Å². The van der Waals surface area contributed by atoms with Crippen molar-refractivity contribution in [3.05, 3.63) is 97.2 Å². The fourth-order valence-electron chi connectivity index (χ4n) is 7.65. The van der Waals surface area contributed by atoms with E-state index in [2.05, 4.69) is 104 Å². The zero-order valence-electron chi connectivity index (χ0n) is 45.3. The Morgan fingerprint density at radius 3 is 1.33 bits per heavy atom. The number of phosphoric acid groups is 1.